The van der Waals surface area contributed by atoms with Crippen LogP contribution in [0.15, 0.2) is 6.07 Å². The van der Waals surface area contributed by atoms with Crippen molar-refractivity contribution < 1.29 is 18.4 Å². The Bertz CT molecular complexity index is 485. The Kier molecular flexibility index (Phi) is 3.87. The number of alkyl halides is 2. The molecule has 0 radical (unpaired) electrons. The second-order valence-electron chi connectivity index (χ2n) is 2.96. The second kappa shape index (κ2) is 5.16. The van der Waals surface area contributed by atoms with Gasteiger partial charge in [0.1, 0.15) is 0 Å². The number of nitro groups is 1. The highest BCUT2D eigenvalue weighted by molar-refractivity contribution is 5.49. The summed E-state index contributed by atoms with van der Waals surface area (Å²) in [6, 6.07) is 2.65. The topological polar surface area (TPSA) is 89.0 Å². The van der Waals surface area contributed by atoms with Crippen LogP contribution in [0, 0.1) is 21.4 Å². The van der Waals surface area contributed by atoms with Gasteiger partial charge in [0.25, 0.3) is 0 Å². The van der Waals surface area contributed by atoms with Crippen molar-refractivity contribution >= 4 is 5.82 Å². The molecular weight excluding hydrogens is 236 g/mol. The molecule has 0 aliphatic heterocycles. The van der Waals surface area contributed by atoms with Gasteiger partial charge >= 0.3 is 12.2 Å². The molecule has 0 unspecified atom stereocenters. The molecule has 17 heavy (non-hydrogen) atoms. The number of rotatable bonds is 4. The van der Waals surface area contributed by atoms with Gasteiger partial charge in [-0.25, -0.2) is 8.78 Å². The summed E-state index contributed by atoms with van der Waals surface area (Å²) in [5, 5.41) is 19.2. The van der Waals surface area contributed by atoms with Gasteiger partial charge in [-0.15, -0.1) is 0 Å². The van der Waals surface area contributed by atoms with E-state index in [2.05, 4.69) is 4.98 Å². The van der Waals surface area contributed by atoms with E-state index in [1.807, 2.05) is 0 Å². The Hall–Kier alpha value is -2.30. The SMILES string of the molecule is COc1c(CC#N)cc(C(F)F)nc1[N+](=O)[O-]. The third kappa shape index (κ3) is 2.63. The van der Waals surface area contributed by atoms with Crippen molar-refractivity contribution in [2.24, 2.45) is 0 Å². The van der Waals surface area contributed by atoms with Crippen LogP contribution in [0.3, 0.4) is 0 Å². The Balaban J connectivity index is 3.46. The minimum atomic E-state index is -2.95. The van der Waals surface area contributed by atoms with E-state index in [0.29, 0.717) is 0 Å². The van der Waals surface area contributed by atoms with Crippen LogP contribution in [-0.2, 0) is 6.42 Å². The number of nitriles is 1. The molecule has 0 saturated carbocycles. The van der Waals surface area contributed by atoms with Crippen LogP contribution in [0.25, 0.3) is 0 Å². The first kappa shape index (κ1) is 12.8. The number of nitrogens with zero attached hydrogens (tertiary/aromatic N) is 3. The van der Waals surface area contributed by atoms with E-state index in [0.717, 1.165) is 13.2 Å². The summed E-state index contributed by atoms with van der Waals surface area (Å²) in [5.41, 5.74) is -0.727. The summed E-state index contributed by atoms with van der Waals surface area (Å²) < 4.78 is 29.6. The zero-order valence-corrected chi connectivity index (χ0v) is 8.68. The predicted molar refractivity (Wildman–Crippen MR) is 51.7 cm³/mol. The summed E-state index contributed by atoms with van der Waals surface area (Å²) in [6.07, 6.45) is -3.22. The van der Waals surface area contributed by atoms with E-state index in [-0.39, 0.29) is 17.7 Å². The van der Waals surface area contributed by atoms with E-state index in [9.17, 15) is 18.9 Å². The van der Waals surface area contributed by atoms with E-state index in [1.54, 1.807) is 6.07 Å². The molecule has 0 bridgehead atoms. The first-order valence-electron chi connectivity index (χ1n) is 4.38. The van der Waals surface area contributed by atoms with Gasteiger partial charge in [0.15, 0.2) is 0 Å². The van der Waals surface area contributed by atoms with Gasteiger partial charge in [-0.3, -0.25) is 0 Å². The fourth-order valence-electron chi connectivity index (χ4n) is 1.27. The molecule has 0 amide bonds. The smallest absolute Gasteiger partial charge is 0.406 e. The van der Waals surface area contributed by atoms with E-state index in [1.165, 1.54) is 0 Å². The first-order chi connectivity index (χ1) is 8.01. The predicted octanol–water partition coefficient (Wildman–Crippen LogP) is 2.00. The van der Waals surface area contributed by atoms with Crippen LogP contribution in [0.1, 0.15) is 17.7 Å². The number of ether oxygens (including phenoxy) is 1. The number of methoxy groups -OCH3 is 1. The molecule has 1 aromatic heterocycles. The van der Waals surface area contributed by atoms with Crippen LogP contribution in [0.4, 0.5) is 14.6 Å². The molecule has 0 saturated heterocycles. The van der Waals surface area contributed by atoms with Gasteiger partial charge in [0, 0.05) is 5.56 Å². The Morgan fingerprint density at radius 1 is 1.71 bits per heavy atom. The van der Waals surface area contributed by atoms with E-state index >= 15 is 0 Å². The molecule has 1 aromatic rings. The minimum absolute atomic E-state index is 0.0204. The van der Waals surface area contributed by atoms with Gasteiger partial charge in [0.2, 0.25) is 11.4 Å². The fraction of sp³-hybridized carbons (Fsp3) is 0.333. The van der Waals surface area contributed by atoms with Crippen molar-refractivity contribution in [3.05, 3.63) is 27.4 Å². The molecule has 0 atom stereocenters. The van der Waals surface area contributed by atoms with Crippen molar-refractivity contribution in [2.45, 2.75) is 12.8 Å². The highest BCUT2D eigenvalue weighted by atomic mass is 19.3. The standard InChI is InChI=1S/C9H7F2N3O3/c1-17-7-5(2-3-12)4-6(8(10)11)13-9(7)14(15)16/h4,8H,2H2,1H3. The minimum Gasteiger partial charge on any atom is -0.489 e. The molecule has 1 rings (SSSR count). The molecule has 0 spiro atoms. The molecule has 0 N–H and O–H groups in total. The first-order valence-corrected chi connectivity index (χ1v) is 4.38. The summed E-state index contributed by atoms with van der Waals surface area (Å²) in [5.74, 6) is -1.07. The number of halogens is 2. The van der Waals surface area contributed by atoms with Crippen LogP contribution in [-0.4, -0.2) is 17.0 Å². The molecule has 1 heterocycles. The summed E-state index contributed by atoms with van der Waals surface area (Å²) in [6.45, 7) is 0. The van der Waals surface area contributed by atoms with Gasteiger partial charge in [-0.05, 0) is 16.0 Å². The van der Waals surface area contributed by atoms with Gasteiger partial charge < -0.3 is 14.9 Å². The number of hydrogen-bond donors (Lipinski definition) is 0. The molecule has 90 valence electrons. The van der Waals surface area contributed by atoms with Crippen LogP contribution < -0.4 is 4.74 Å². The quantitative estimate of drug-likeness (QED) is 0.596. The second-order valence-corrected chi connectivity index (χ2v) is 2.96. The maximum atomic E-state index is 12.5. The largest absolute Gasteiger partial charge is 0.489 e. The molecule has 0 fully saturated rings. The Labute approximate surface area is 94.6 Å². The zero-order chi connectivity index (χ0) is 13.0. The lowest BCUT2D eigenvalue weighted by Crippen LogP contribution is -2.04. The molecule has 6 nitrogen and oxygen atoms in total. The summed E-state index contributed by atoms with van der Waals surface area (Å²) in [7, 11) is 1.15. The van der Waals surface area contributed by atoms with Gasteiger partial charge in [-0.1, -0.05) is 0 Å². The fourth-order valence-corrected chi connectivity index (χ4v) is 1.27. The zero-order valence-electron chi connectivity index (χ0n) is 8.68. The van der Waals surface area contributed by atoms with Crippen LogP contribution in [0.2, 0.25) is 0 Å². The number of aromatic nitrogens is 1. The molecule has 0 aliphatic rings. The van der Waals surface area contributed by atoms with Crippen LogP contribution >= 0.6 is 0 Å². The highest BCUT2D eigenvalue weighted by Crippen LogP contribution is 2.32. The Morgan fingerprint density at radius 3 is 2.76 bits per heavy atom. The number of hydrogen-bond acceptors (Lipinski definition) is 5. The maximum Gasteiger partial charge on any atom is 0.406 e. The normalized spacial score (nSPS) is 10.1. The van der Waals surface area contributed by atoms with E-state index in [4.69, 9.17) is 10.00 Å². The van der Waals surface area contributed by atoms with Crippen molar-refractivity contribution in [3.8, 4) is 11.8 Å². The lowest BCUT2D eigenvalue weighted by atomic mass is 10.1. The van der Waals surface area contributed by atoms with Crippen molar-refractivity contribution in [3.63, 3.8) is 0 Å². The van der Waals surface area contributed by atoms with E-state index < -0.39 is 22.9 Å². The third-order valence-electron chi connectivity index (χ3n) is 1.92. The third-order valence-corrected chi connectivity index (χ3v) is 1.92. The van der Waals surface area contributed by atoms with Crippen molar-refractivity contribution in [1.82, 2.24) is 4.98 Å². The van der Waals surface area contributed by atoms with Crippen molar-refractivity contribution in [1.29, 1.82) is 5.26 Å². The Morgan fingerprint density at radius 2 is 2.35 bits per heavy atom. The summed E-state index contributed by atoms with van der Waals surface area (Å²) >= 11 is 0. The van der Waals surface area contributed by atoms with Gasteiger partial charge in [0.05, 0.1) is 19.6 Å². The number of pyridine rings is 1. The molecule has 0 aliphatic carbocycles. The van der Waals surface area contributed by atoms with Crippen molar-refractivity contribution in [2.75, 3.05) is 7.11 Å². The molecule has 0 aromatic carbocycles. The maximum absolute atomic E-state index is 12.5. The monoisotopic (exact) mass is 243 g/mol. The average molecular weight is 243 g/mol. The summed E-state index contributed by atoms with van der Waals surface area (Å²) in [4.78, 5) is 12.9. The lowest BCUT2D eigenvalue weighted by molar-refractivity contribution is -0.390. The lowest BCUT2D eigenvalue weighted by Gasteiger charge is -2.06. The van der Waals surface area contributed by atoms with Crippen LogP contribution in [0.5, 0.6) is 5.75 Å². The molecular formula is C9H7F2N3O3. The average Bonchev–Trinajstić information content (AvgIpc) is 2.28. The molecule has 8 heteroatoms. The highest BCUT2D eigenvalue weighted by Gasteiger charge is 2.27. The van der Waals surface area contributed by atoms with Gasteiger partial charge in [-0.2, -0.15) is 5.26 Å².